The van der Waals surface area contributed by atoms with E-state index in [9.17, 15) is 4.39 Å². The number of hydrogen-bond acceptors (Lipinski definition) is 1. The molecule has 1 nitrogen and oxygen atoms in total. The molecule has 20 heavy (non-hydrogen) atoms. The van der Waals surface area contributed by atoms with Gasteiger partial charge in [-0.3, -0.25) is 0 Å². The molecule has 0 amide bonds. The van der Waals surface area contributed by atoms with Gasteiger partial charge in [-0.25, -0.2) is 4.39 Å². The fourth-order valence-electron chi connectivity index (χ4n) is 2.39. The Morgan fingerprint density at radius 3 is 2.35 bits per heavy atom. The molecule has 100 valence electrons. The number of rotatable bonds is 4. The highest BCUT2D eigenvalue weighted by molar-refractivity contribution is 5.85. The minimum Gasteiger partial charge on any atom is -0.309 e. The molecule has 2 heteroatoms. The third kappa shape index (κ3) is 2.86. The summed E-state index contributed by atoms with van der Waals surface area (Å²) in [5.41, 5.74) is 2.37. The molecule has 3 aromatic carbocycles. The van der Waals surface area contributed by atoms with Crippen LogP contribution in [0.5, 0.6) is 0 Å². The van der Waals surface area contributed by atoms with Gasteiger partial charge in [-0.15, -0.1) is 0 Å². The quantitative estimate of drug-likeness (QED) is 0.743. The number of hydrogen-bond donors (Lipinski definition) is 1. The fraction of sp³-hybridized carbons (Fsp3) is 0.111. The summed E-state index contributed by atoms with van der Waals surface area (Å²) in [7, 11) is 0. The largest absolute Gasteiger partial charge is 0.309 e. The SMILES string of the molecule is Fc1ccc(CNCc2cccc3ccccc23)cc1. The standard InChI is InChI=1S/C18H16FN/c19-17-10-8-14(9-11-17)12-20-13-16-6-3-5-15-4-1-2-7-18(15)16/h1-11,20H,12-13H2. The molecule has 0 unspecified atom stereocenters. The van der Waals surface area contributed by atoms with Crippen LogP contribution >= 0.6 is 0 Å². The Bertz CT molecular complexity index is 699. The lowest BCUT2D eigenvalue weighted by atomic mass is 10.0. The Labute approximate surface area is 118 Å². The molecule has 3 rings (SSSR count). The first kappa shape index (κ1) is 12.8. The Balaban J connectivity index is 1.69. The van der Waals surface area contributed by atoms with Crippen LogP contribution in [-0.2, 0) is 13.1 Å². The summed E-state index contributed by atoms with van der Waals surface area (Å²) in [4.78, 5) is 0. The molecule has 0 aliphatic carbocycles. The van der Waals surface area contributed by atoms with Crippen LogP contribution in [0, 0.1) is 5.82 Å². The monoisotopic (exact) mass is 265 g/mol. The van der Waals surface area contributed by atoms with E-state index < -0.39 is 0 Å². The van der Waals surface area contributed by atoms with Crippen LogP contribution < -0.4 is 5.32 Å². The molecule has 1 N–H and O–H groups in total. The Hall–Kier alpha value is -2.19. The van der Waals surface area contributed by atoms with Crippen molar-refractivity contribution in [3.05, 3.63) is 83.7 Å². The maximum Gasteiger partial charge on any atom is 0.123 e. The normalized spacial score (nSPS) is 10.8. The summed E-state index contributed by atoms with van der Waals surface area (Å²) in [6.07, 6.45) is 0. The zero-order valence-electron chi connectivity index (χ0n) is 11.1. The Kier molecular flexibility index (Phi) is 3.75. The van der Waals surface area contributed by atoms with E-state index in [4.69, 9.17) is 0 Å². The molecule has 0 saturated heterocycles. The van der Waals surface area contributed by atoms with Gasteiger partial charge in [0, 0.05) is 13.1 Å². The summed E-state index contributed by atoms with van der Waals surface area (Å²) in [6.45, 7) is 1.54. The van der Waals surface area contributed by atoms with Crippen molar-refractivity contribution in [2.75, 3.05) is 0 Å². The minimum absolute atomic E-state index is 0.192. The smallest absolute Gasteiger partial charge is 0.123 e. The first-order valence-electron chi connectivity index (χ1n) is 6.75. The van der Waals surface area contributed by atoms with Crippen molar-refractivity contribution < 1.29 is 4.39 Å². The van der Waals surface area contributed by atoms with E-state index in [0.29, 0.717) is 0 Å². The van der Waals surface area contributed by atoms with Crippen LogP contribution in [0.25, 0.3) is 10.8 Å². The lowest BCUT2D eigenvalue weighted by molar-refractivity contribution is 0.625. The van der Waals surface area contributed by atoms with Gasteiger partial charge in [0.1, 0.15) is 5.82 Å². The topological polar surface area (TPSA) is 12.0 Å². The Morgan fingerprint density at radius 1 is 0.750 bits per heavy atom. The van der Waals surface area contributed by atoms with Crippen LogP contribution in [-0.4, -0.2) is 0 Å². The van der Waals surface area contributed by atoms with E-state index in [1.165, 1.54) is 28.5 Å². The molecule has 0 aromatic heterocycles. The van der Waals surface area contributed by atoms with Gasteiger partial charge in [0.25, 0.3) is 0 Å². The van der Waals surface area contributed by atoms with Gasteiger partial charge in [-0.1, -0.05) is 54.6 Å². The van der Waals surface area contributed by atoms with E-state index in [2.05, 4.69) is 47.8 Å². The molecular weight excluding hydrogens is 249 g/mol. The first-order chi connectivity index (χ1) is 9.83. The van der Waals surface area contributed by atoms with Crippen molar-refractivity contribution >= 4 is 10.8 Å². The van der Waals surface area contributed by atoms with Crippen LogP contribution in [0.3, 0.4) is 0 Å². The maximum atomic E-state index is 12.8. The molecule has 0 radical (unpaired) electrons. The molecular formula is C18H16FN. The second-order valence-corrected chi connectivity index (χ2v) is 4.87. The average Bonchev–Trinajstić information content (AvgIpc) is 2.49. The molecule has 0 atom stereocenters. The second kappa shape index (κ2) is 5.85. The molecule has 0 fully saturated rings. The summed E-state index contributed by atoms with van der Waals surface area (Å²) in [5.74, 6) is -0.192. The highest BCUT2D eigenvalue weighted by atomic mass is 19.1. The minimum atomic E-state index is -0.192. The number of fused-ring (bicyclic) bond motifs is 1. The van der Waals surface area contributed by atoms with E-state index in [1.54, 1.807) is 0 Å². The maximum absolute atomic E-state index is 12.8. The van der Waals surface area contributed by atoms with Crippen LogP contribution in [0.1, 0.15) is 11.1 Å². The molecule has 0 spiro atoms. The predicted molar refractivity (Wildman–Crippen MR) is 80.9 cm³/mol. The first-order valence-corrected chi connectivity index (χ1v) is 6.75. The average molecular weight is 265 g/mol. The lowest BCUT2D eigenvalue weighted by Gasteiger charge is -2.08. The molecule has 0 aliphatic heterocycles. The van der Waals surface area contributed by atoms with Gasteiger partial charge in [-0.2, -0.15) is 0 Å². The third-order valence-electron chi connectivity index (χ3n) is 3.44. The van der Waals surface area contributed by atoms with E-state index in [-0.39, 0.29) is 5.82 Å². The van der Waals surface area contributed by atoms with Gasteiger partial charge in [0.05, 0.1) is 0 Å². The zero-order valence-corrected chi connectivity index (χ0v) is 11.1. The van der Waals surface area contributed by atoms with Gasteiger partial charge >= 0.3 is 0 Å². The van der Waals surface area contributed by atoms with Crippen LogP contribution in [0.2, 0.25) is 0 Å². The van der Waals surface area contributed by atoms with E-state index in [0.717, 1.165) is 18.7 Å². The predicted octanol–water partition coefficient (Wildman–Crippen LogP) is 4.27. The van der Waals surface area contributed by atoms with Crippen molar-refractivity contribution in [1.29, 1.82) is 0 Å². The third-order valence-corrected chi connectivity index (χ3v) is 3.44. The van der Waals surface area contributed by atoms with Gasteiger partial charge in [0.2, 0.25) is 0 Å². The number of halogens is 1. The van der Waals surface area contributed by atoms with Crippen LogP contribution in [0.15, 0.2) is 66.7 Å². The molecule has 0 aliphatic rings. The Morgan fingerprint density at radius 2 is 1.50 bits per heavy atom. The highest BCUT2D eigenvalue weighted by Crippen LogP contribution is 2.18. The van der Waals surface area contributed by atoms with Crippen molar-refractivity contribution in [1.82, 2.24) is 5.32 Å². The van der Waals surface area contributed by atoms with Crippen molar-refractivity contribution in [2.45, 2.75) is 13.1 Å². The van der Waals surface area contributed by atoms with Crippen LogP contribution in [0.4, 0.5) is 4.39 Å². The lowest BCUT2D eigenvalue weighted by Crippen LogP contribution is -2.12. The van der Waals surface area contributed by atoms with Crippen molar-refractivity contribution in [3.63, 3.8) is 0 Å². The molecule has 0 heterocycles. The van der Waals surface area contributed by atoms with Gasteiger partial charge in [0.15, 0.2) is 0 Å². The summed E-state index contributed by atoms with van der Waals surface area (Å²) >= 11 is 0. The highest BCUT2D eigenvalue weighted by Gasteiger charge is 2.00. The molecule has 0 saturated carbocycles. The van der Waals surface area contributed by atoms with Gasteiger partial charge in [-0.05, 0) is 34.0 Å². The van der Waals surface area contributed by atoms with Gasteiger partial charge < -0.3 is 5.32 Å². The van der Waals surface area contributed by atoms with E-state index >= 15 is 0 Å². The fourth-order valence-corrected chi connectivity index (χ4v) is 2.39. The van der Waals surface area contributed by atoms with Crippen molar-refractivity contribution in [2.24, 2.45) is 0 Å². The zero-order chi connectivity index (χ0) is 13.8. The van der Waals surface area contributed by atoms with E-state index in [1.807, 2.05) is 12.1 Å². The van der Waals surface area contributed by atoms with Crippen molar-refractivity contribution in [3.8, 4) is 0 Å². The molecule has 3 aromatic rings. The number of benzene rings is 3. The number of nitrogens with one attached hydrogen (secondary N) is 1. The second-order valence-electron chi connectivity index (χ2n) is 4.87. The summed E-state index contributed by atoms with van der Waals surface area (Å²) < 4.78 is 12.8. The summed E-state index contributed by atoms with van der Waals surface area (Å²) in [5, 5.41) is 5.94. The molecule has 0 bridgehead atoms. The summed E-state index contributed by atoms with van der Waals surface area (Å²) in [6, 6.07) is 21.3.